The second kappa shape index (κ2) is 23.4. The lowest BCUT2D eigenvalue weighted by Crippen LogP contribution is -2.33. The van der Waals surface area contributed by atoms with Crippen LogP contribution in [-0.4, -0.2) is 162 Å². The average molecular weight is 1090 g/mol. The van der Waals surface area contributed by atoms with Crippen LogP contribution >= 0.6 is 6.72 Å². The number of carbonyl (C=O) groups is 1. The number of anilines is 1. The molecule has 13 atom stereocenters. The summed E-state index contributed by atoms with van der Waals surface area (Å²) in [5.74, 6) is -0.318. The maximum absolute atomic E-state index is 16.6. The minimum Gasteiger partial charge on any atom is -0.472 e. The number of ether oxygens (including phenoxy) is 3. The number of aromatic nitrogens is 12. The molecule has 0 radical (unpaired) electrons. The molecule has 6 aromatic heterocycles. The van der Waals surface area contributed by atoms with Crippen LogP contribution in [0.15, 0.2) is 81.0 Å². The van der Waals surface area contributed by atoms with Gasteiger partial charge in [0.05, 0.1) is 68.6 Å². The van der Waals surface area contributed by atoms with Gasteiger partial charge in [-0.25, -0.2) is 53.0 Å². The van der Waals surface area contributed by atoms with Gasteiger partial charge < -0.3 is 43.1 Å². The van der Waals surface area contributed by atoms with Crippen LogP contribution in [0.5, 0.6) is 5.88 Å². The number of nitriles is 1. The third-order valence-corrected chi connectivity index (χ3v) is 15.5. The molecule has 10 rings (SSSR count). The summed E-state index contributed by atoms with van der Waals surface area (Å²) in [4.78, 5) is 52.4. The summed E-state index contributed by atoms with van der Waals surface area (Å²) in [5, 5.41) is 39.0. The standard InChI is InChI=1S/C33H35F2N10O7PS.C14H17FN4O3/c1-4-20-27(23(35)33(50-20)45-17-42-25-28(38-15-40-30(25)45)43(3)31(47)19-9-6-5-7-10-19)52-53(54,48-12-8-11-36)49-13-21-26(46)22(34)32(51-21)44-16-41-24-18(2)37-14-39-29(24)44;1-2-3-22-14-11-13(16-6-17-14)19(7-18-11)9-4-8(5-20)12(21)10(9)15/h5-7,9-10,14-17,20-23,26-27,32-33,46H,4,8,12-13H2,1-3H3;2,6-10,12,20-21H,1,3-5H2/t20-,21-,22-,23-,26-,27-,32-,33-,53?;8-,9-,10+,12-/m11/s1. The number of aryl methyl sites for hydroxylation is 1. The minimum atomic E-state index is -3.91. The van der Waals surface area contributed by atoms with Crippen molar-refractivity contribution in [3.8, 4) is 11.9 Å². The third kappa shape index (κ3) is 10.6. The quantitative estimate of drug-likeness (QED) is 0.0596. The van der Waals surface area contributed by atoms with Gasteiger partial charge in [-0.2, -0.15) is 10.2 Å². The monoisotopic (exact) mass is 1090 g/mol. The first-order valence-corrected chi connectivity index (χ1v) is 26.5. The van der Waals surface area contributed by atoms with Crippen LogP contribution in [0, 0.1) is 24.2 Å². The van der Waals surface area contributed by atoms with Crippen molar-refractivity contribution in [3.63, 3.8) is 0 Å². The van der Waals surface area contributed by atoms with Crippen LogP contribution in [0.4, 0.5) is 19.0 Å². The maximum atomic E-state index is 16.6. The van der Waals surface area contributed by atoms with Crippen LogP contribution in [0.25, 0.3) is 33.5 Å². The van der Waals surface area contributed by atoms with E-state index in [1.807, 2.05) is 6.07 Å². The van der Waals surface area contributed by atoms with Gasteiger partial charge in [-0.1, -0.05) is 37.8 Å². The number of aliphatic hydroxyl groups is 3. The van der Waals surface area contributed by atoms with Crippen LogP contribution in [0.2, 0.25) is 0 Å². The molecular formula is C47H52F3N14O10PS. The van der Waals surface area contributed by atoms with Crippen molar-refractivity contribution < 1.29 is 61.1 Å². The highest BCUT2D eigenvalue weighted by Gasteiger charge is 2.51. The number of carbonyl (C=O) groups excluding carboxylic acids is 1. The molecular weight excluding hydrogens is 1040 g/mol. The van der Waals surface area contributed by atoms with Gasteiger partial charge in [0.1, 0.15) is 55.6 Å². The zero-order valence-corrected chi connectivity index (χ0v) is 42.7. The van der Waals surface area contributed by atoms with Crippen LogP contribution in [0.1, 0.15) is 60.7 Å². The first-order chi connectivity index (χ1) is 36.7. The van der Waals surface area contributed by atoms with Gasteiger partial charge in [-0.05, 0) is 43.7 Å². The van der Waals surface area contributed by atoms with E-state index < -0.39 is 86.8 Å². The molecule has 1 amide bonds. The molecule has 7 aromatic rings. The summed E-state index contributed by atoms with van der Waals surface area (Å²) in [5.41, 5.74) is 3.08. The van der Waals surface area contributed by atoms with Gasteiger partial charge in [-0.3, -0.25) is 23.4 Å². The molecule has 402 valence electrons. The Kier molecular flexibility index (Phi) is 16.7. The number of hydrogen-bond donors (Lipinski definition) is 3. The summed E-state index contributed by atoms with van der Waals surface area (Å²) in [6.07, 6.45) is -4.00. The van der Waals surface area contributed by atoms with E-state index in [4.69, 9.17) is 44.9 Å². The van der Waals surface area contributed by atoms with E-state index in [0.717, 1.165) is 0 Å². The van der Waals surface area contributed by atoms with Gasteiger partial charge in [0.25, 0.3) is 5.91 Å². The average Bonchev–Trinajstić information content (AvgIpc) is 4.31. The number of halogens is 3. The SMILES string of the molecule is C=CCOc1ncnc2c1ncn2[C@@H]1C[C@H](CO)[C@@H](O)[C@H]1F.CC[C@H]1O[C@@H](n2cnc3c(N(C)C(=O)c4ccccc4)ncnc32)[C@H](F)[C@@H]1OP(=S)(OCCC#N)OC[C@H]1O[C@@H](n2cnc3c(C)ncnc32)[C@H](F)[C@@H]1O. The Labute approximate surface area is 436 Å². The highest BCUT2D eigenvalue weighted by atomic mass is 32.5. The lowest BCUT2D eigenvalue weighted by atomic mass is 10.1. The predicted octanol–water partition coefficient (Wildman–Crippen LogP) is 4.69. The lowest BCUT2D eigenvalue weighted by molar-refractivity contribution is -0.0486. The molecule has 29 heteroatoms. The molecule has 3 fully saturated rings. The fourth-order valence-corrected chi connectivity index (χ4v) is 11.3. The van der Waals surface area contributed by atoms with Crippen molar-refractivity contribution in [2.45, 2.75) is 101 Å². The van der Waals surface area contributed by atoms with Gasteiger partial charge in [0.2, 0.25) is 5.88 Å². The Hall–Kier alpha value is -6.51. The Balaban J connectivity index is 0.000000266. The number of alkyl halides is 3. The summed E-state index contributed by atoms with van der Waals surface area (Å²) >= 11 is 5.69. The van der Waals surface area contributed by atoms with E-state index in [1.54, 1.807) is 61.9 Å². The van der Waals surface area contributed by atoms with Crippen LogP contribution in [0.3, 0.4) is 0 Å². The Morgan fingerprint density at radius 1 is 0.868 bits per heavy atom. The molecule has 0 bridgehead atoms. The number of fused-ring (bicyclic) bond motifs is 3. The molecule has 24 nitrogen and oxygen atoms in total. The highest BCUT2D eigenvalue weighted by molar-refractivity contribution is 8.07. The Bertz CT molecular complexity index is 3270. The molecule has 1 aliphatic carbocycles. The molecule has 3 aliphatic rings. The second-order valence-corrected chi connectivity index (χ2v) is 20.8. The van der Waals surface area contributed by atoms with E-state index in [9.17, 15) is 24.5 Å². The Morgan fingerprint density at radius 2 is 1.50 bits per heavy atom. The fourth-order valence-electron chi connectivity index (χ4n) is 9.18. The zero-order chi connectivity index (χ0) is 53.8. The van der Waals surface area contributed by atoms with E-state index in [0.29, 0.717) is 45.9 Å². The molecule has 8 heterocycles. The maximum Gasteiger partial charge on any atom is 0.327 e. The van der Waals surface area contributed by atoms with E-state index in [2.05, 4.69) is 51.4 Å². The molecule has 1 saturated carbocycles. The number of imidazole rings is 3. The summed E-state index contributed by atoms with van der Waals surface area (Å²) in [6, 6.07) is 9.95. The van der Waals surface area contributed by atoms with Crippen molar-refractivity contribution >= 4 is 63.7 Å². The number of amides is 1. The largest absolute Gasteiger partial charge is 0.472 e. The topological polar surface area (TPSA) is 291 Å². The number of hydrogen-bond acceptors (Lipinski definition) is 21. The van der Waals surface area contributed by atoms with Crippen molar-refractivity contribution in [3.05, 3.63) is 92.2 Å². The first-order valence-electron chi connectivity index (χ1n) is 23.9. The van der Waals surface area contributed by atoms with Crippen LogP contribution in [-0.2, 0) is 34.9 Å². The number of benzene rings is 1. The number of aliphatic hydroxyl groups excluding tert-OH is 3. The number of nitrogens with zero attached hydrogens (tertiary/aromatic N) is 14. The predicted molar refractivity (Wildman–Crippen MR) is 266 cm³/mol. The summed E-state index contributed by atoms with van der Waals surface area (Å²) in [6.45, 7) is 2.48. The van der Waals surface area contributed by atoms with Gasteiger partial charge >= 0.3 is 6.72 Å². The molecule has 76 heavy (non-hydrogen) atoms. The summed E-state index contributed by atoms with van der Waals surface area (Å²) in [7, 11) is 1.55. The van der Waals surface area contributed by atoms with Crippen molar-refractivity contribution in [1.29, 1.82) is 5.26 Å². The van der Waals surface area contributed by atoms with Gasteiger partial charge in [0.15, 0.2) is 58.6 Å². The smallest absolute Gasteiger partial charge is 0.327 e. The van der Waals surface area contributed by atoms with Gasteiger partial charge in [-0.15, -0.1) is 0 Å². The van der Waals surface area contributed by atoms with E-state index in [1.165, 1.54) is 52.0 Å². The van der Waals surface area contributed by atoms with Crippen molar-refractivity contribution in [2.24, 2.45) is 5.92 Å². The highest BCUT2D eigenvalue weighted by Crippen LogP contribution is 2.55. The second-order valence-electron chi connectivity index (χ2n) is 17.8. The number of rotatable bonds is 18. The molecule has 2 saturated heterocycles. The molecule has 1 aromatic carbocycles. The fraction of sp³-hybridized carbons (Fsp3) is 0.468. The van der Waals surface area contributed by atoms with E-state index >= 15 is 8.78 Å². The van der Waals surface area contributed by atoms with Gasteiger partial charge in [0, 0.05) is 25.1 Å². The molecule has 3 N–H and O–H groups in total. The molecule has 0 spiro atoms. The third-order valence-electron chi connectivity index (χ3n) is 13.1. The normalized spacial score (nSPS) is 27.1. The van der Waals surface area contributed by atoms with Crippen molar-refractivity contribution in [2.75, 3.05) is 38.4 Å². The zero-order valence-electron chi connectivity index (χ0n) is 41.0. The minimum absolute atomic E-state index is 0.0817. The Morgan fingerprint density at radius 3 is 2.18 bits per heavy atom. The van der Waals surface area contributed by atoms with E-state index in [-0.39, 0.29) is 55.6 Å². The molecule has 1 unspecified atom stereocenters. The van der Waals surface area contributed by atoms with Crippen molar-refractivity contribution in [1.82, 2.24) is 58.6 Å². The molecule has 2 aliphatic heterocycles. The first kappa shape index (κ1) is 54.3. The lowest BCUT2D eigenvalue weighted by Gasteiger charge is -2.28. The summed E-state index contributed by atoms with van der Waals surface area (Å²) < 4.78 is 86.0. The van der Waals surface area contributed by atoms with Crippen LogP contribution < -0.4 is 9.64 Å².